The van der Waals surface area contributed by atoms with Crippen molar-refractivity contribution in [1.82, 2.24) is 9.88 Å². The van der Waals surface area contributed by atoms with E-state index in [1.165, 1.54) is 56.2 Å². The molecule has 1 aromatic carbocycles. The van der Waals surface area contributed by atoms with Gasteiger partial charge in [0.1, 0.15) is 5.82 Å². The molecule has 1 aliphatic rings. The third-order valence-electron chi connectivity index (χ3n) is 6.33. The SMILES string of the molecule is CCCCC1(N(C)C)CCC(c2[nH]c3ccc(F)cc3c2C)CC1.Cl. The Morgan fingerprint density at radius 2 is 1.92 bits per heavy atom. The number of aryl methyl sites for hydroxylation is 1. The minimum atomic E-state index is -0.147. The quantitative estimate of drug-likeness (QED) is 0.668. The summed E-state index contributed by atoms with van der Waals surface area (Å²) in [7, 11) is 4.49. The van der Waals surface area contributed by atoms with Crippen LogP contribution >= 0.6 is 12.4 Å². The fourth-order valence-corrected chi connectivity index (χ4v) is 4.60. The molecule has 3 rings (SSSR count). The Morgan fingerprint density at radius 3 is 2.52 bits per heavy atom. The van der Waals surface area contributed by atoms with E-state index in [4.69, 9.17) is 0 Å². The van der Waals surface area contributed by atoms with Crippen LogP contribution in [0.4, 0.5) is 4.39 Å². The first-order valence-corrected chi connectivity index (χ1v) is 9.42. The Bertz CT molecular complexity index is 699. The molecule has 1 aliphatic carbocycles. The van der Waals surface area contributed by atoms with E-state index < -0.39 is 0 Å². The third-order valence-corrected chi connectivity index (χ3v) is 6.33. The number of H-pyrrole nitrogens is 1. The smallest absolute Gasteiger partial charge is 0.123 e. The highest BCUT2D eigenvalue weighted by atomic mass is 35.5. The Balaban J connectivity index is 0.00000225. The molecule has 0 unspecified atom stereocenters. The van der Waals surface area contributed by atoms with Gasteiger partial charge in [-0.3, -0.25) is 0 Å². The molecule has 4 heteroatoms. The molecular weight excluding hydrogens is 335 g/mol. The van der Waals surface area contributed by atoms with Crippen molar-refractivity contribution in [2.75, 3.05) is 14.1 Å². The molecule has 1 heterocycles. The maximum Gasteiger partial charge on any atom is 0.123 e. The van der Waals surface area contributed by atoms with Crippen LogP contribution in [0.2, 0.25) is 0 Å². The van der Waals surface area contributed by atoms with Crippen LogP contribution < -0.4 is 0 Å². The van der Waals surface area contributed by atoms with Gasteiger partial charge in [0.05, 0.1) is 0 Å². The lowest BCUT2D eigenvalue weighted by atomic mass is 9.72. The molecule has 0 bridgehead atoms. The Morgan fingerprint density at radius 1 is 1.24 bits per heavy atom. The van der Waals surface area contributed by atoms with Gasteiger partial charge in [-0.15, -0.1) is 12.4 Å². The fourth-order valence-electron chi connectivity index (χ4n) is 4.60. The molecular formula is C21H32ClFN2. The van der Waals surface area contributed by atoms with Crippen LogP contribution in [0.5, 0.6) is 0 Å². The number of halogens is 2. The highest BCUT2D eigenvalue weighted by Crippen LogP contribution is 2.44. The summed E-state index contributed by atoms with van der Waals surface area (Å²) in [5, 5.41) is 1.04. The van der Waals surface area contributed by atoms with Crippen molar-refractivity contribution < 1.29 is 4.39 Å². The molecule has 0 saturated heterocycles. The first kappa shape index (κ1) is 20.3. The highest BCUT2D eigenvalue weighted by Gasteiger charge is 2.37. The first-order chi connectivity index (χ1) is 11.5. The average Bonchev–Trinajstić information content (AvgIpc) is 2.90. The van der Waals surface area contributed by atoms with Crippen molar-refractivity contribution in [2.45, 2.75) is 70.3 Å². The van der Waals surface area contributed by atoms with Crippen molar-refractivity contribution in [3.05, 3.63) is 35.3 Å². The van der Waals surface area contributed by atoms with Crippen LogP contribution in [0.3, 0.4) is 0 Å². The average molecular weight is 367 g/mol. The number of unbranched alkanes of at least 4 members (excludes halogenated alkanes) is 1. The van der Waals surface area contributed by atoms with Gasteiger partial charge in [-0.2, -0.15) is 0 Å². The largest absolute Gasteiger partial charge is 0.358 e. The van der Waals surface area contributed by atoms with Gasteiger partial charge in [-0.1, -0.05) is 19.8 Å². The second-order valence-corrected chi connectivity index (χ2v) is 7.85. The molecule has 2 nitrogen and oxygen atoms in total. The van der Waals surface area contributed by atoms with Gasteiger partial charge in [0.2, 0.25) is 0 Å². The van der Waals surface area contributed by atoms with Gasteiger partial charge >= 0.3 is 0 Å². The van der Waals surface area contributed by atoms with Crippen molar-refractivity contribution >= 4 is 23.3 Å². The predicted octanol–water partition coefficient (Wildman–Crippen LogP) is 6.19. The van der Waals surface area contributed by atoms with Gasteiger partial charge in [0.15, 0.2) is 0 Å². The van der Waals surface area contributed by atoms with Crippen LogP contribution in [0.15, 0.2) is 18.2 Å². The van der Waals surface area contributed by atoms with Crippen molar-refractivity contribution in [2.24, 2.45) is 0 Å². The number of nitrogens with one attached hydrogen (secondary N) is 1. The highest BCUT2D eigenvalue weighted by molar-refractivity contribution is 5.85. The summed E-state index contributed by atoms with van der Waals surface area (Å²) in [5.41, 5.74) is 4.01. The number of benzene rings is 1. The summed E-state index contributed by atoms with van der Waals surface area (Å²) in [5.74, 6) is 0.432. The van der Waals surface area contributed by atoms with Gasteiger partial charge in [0, 0.05) is 22.1 Å². The molecule has 0 atom stereocenters. The van der Waals surface area contributed by atoms with E-state index in [1.807, 2.05) is 6.07 Å². The van der Waals surface area contributed by atoms with E-state index in [-0.39, 0.29) is 18.2 Å². The summed E-state index contributed by atoms with van der Waals surface area (Å²) >= 11 is 0. The van der Waals surface area contributed by atoms with Crippen LogP contribution in [0.25, 0.3) is 10.9 Å². The molecule has 1 fully saturated rings. The maximum absolute atomic E-state index is 13.6. The van der Waals surface area contributed by atoms with Gasteiger partial charge in [-0.05, 0) is 82.8 Å². The van der Waals surface area contributed by atoms with Crippen LogP contribution in [-0.2, 0) is 0 Å². The van der Waals surface area contributed by atoms with Crippen molar-refractivity contribution in [3.63, 3.8) is 0 Å². The summed E-state index contributed by atoms with van der Waals surface area (Å²) in [4.78, 5) is 6.04. The number of aromatic nitrogens is 1. The number of hydrogen-bond donors (Lipinski definition) is 1. The van der Waals surface area contributed by atoms with Crippen molar-refractivity contribution in [1.29, 1.82) is 0 Å². The molecule has 0 radical (unpaired) electrons. The van der Waals surface area contributed by atoms with E-state index in [0.29, 0.717) is 11.5 Å². The molecule has 25 heavy (non-hydrogen) atoms. The second-order valence-electron chi connectivity index (χ2n) is 7.85. The zero-order chi connectivity index (χ0) is 17.3. The fraction of sp³-hybridized carbons (Fsp3) is 0.619. The van der Waals surface area contributed by atoms with E-state index >= 15 is 0 Å². The monoisotopic (exact) mass is 366 g/mol. The number of rotatable bonds is 5. The van der Waals surface area contributed by atoms with E-state index in [9.17, 15) is 4.39 Å². The van der Waals surface area contributed by atoms with E-state index in [0.717, 1.165) is 10.9 Å². The van der Waals surface area contributed by atoms with Crippen molar-refractivity contribution in [3.8, 4) is 0 Å². The van der Waals surface area contributed by atoms with E-state index in [1.54, 1.807) is 12.1 Å². The lowest BCUT2D eigenvalue weighted by Crippen LogP contribution is -2.46. The molecule has 1 aromatic heterocycles. The maximum atomic E-state index is 13.6. The molecule has 0 amide bonds. The molecule has 0 aliphatic heterocycles. The predicted molar refractivity (Wildman–Crippen MR) is 107 cm³/mol. The van der Waals surface area contributed by atoms with Gasteiger partial charge in [0.25, 0.3) is 0 Å². The van der Waals surface area contributed by atoms with Crippen LogP contribution in [-0.4, -0.2) is 29.5 Å². The second kappa shape index (κ2) is 8.09. The molecule has 140 valence electrons. The van der Waals surface area contributed by atoms with Gasteiger partial charge in [-0.25, -0.2) is 4.39 Å². The number of hydrogen-bond acceptors (Lipinski definition) is 1. The zero-order valence-electron chi connectivity index (χ0n) is 16.0. The standard InChI is InChI=1S/C21H31FN2.ClH/c1-5-6-11-21(24(3)4)12-9-16(10-13-21)20-15(2)18-14-17(22)7-8-19(18)23-20;/h7-8,14,16,23H,5-6,9-13H2,1-4H3;1H. The Labute approximate surface area is 157 Å². The van der Waals surface area contributed by atoms with E-state index in [2.05, 4.69) is 37.8 Å². The minimum Gasteiger partial charge on any atom is -0.358 e. The zero-order valence-corrected chi connectivity index (χ0v) is 16.8. The Hall–Kier alpha value is -1.06. The van der Waals surface area contributed by atoms with Crippen LogP contribution in [0.1, 0.15) is 69.0 Å². The molecule has 1 saturated carbocycles. The summed E-state index contributed by atoms with van der Waals surface area (Å²) in [6, 6.07) is 5.08. The first-order valence-electron chi connectivity index (χ1n) is 9.42. The molecule has 0 spiro atoms. The Kier molecular flexibility index (Phi) is 6.56. The number of fused-ring (bicyclic) bond motifs is 1. The molecule has 1 N–H and O–H groups in total. The van der Waals surface area contributed by atoms with Gasteiger partial charge < -0.3 is 9.88 Å². The normalized spacial score (nSPS) is 23.8. The van der Waals surface area contributed by atoms with Crippen LogP contribution in [0, 0.1) is 12.7 Å². The minimum absolute atomic E-state index is 0. The summed E-state index contributed by atoms with van der Waals surface area (Å²) in [6.07, 6.45) is 8.84. The summed E-state index contributed by atoms with van der Waals surface area (Å²) < 4.78 is 13.6. The topological polar surface area (TPSA) is 19.0 Å². The summed E-state index contributed by atoms with van der Waals surface area (Å²) in [6.45, 7) is 4.42. The lowest BCUT2D eigenvalue weighted by molar-refractivity contribution is 0.0802. The third kappa shape index (κ3) is 3.88. The molecule has 2 aromatic rings. The number of nitrogens with zero attached hydrogens (tertiary/aromatic N) is 1. The lowest BCUT2D eigenvalue weighted by Gasteiger charge is -2.45. The number of aromatic amines is 1.